The Hall–Kier alpha value is -3.03. The van der Waals surface area contributed by atoms with Gasteiger partial charge in [0.15, 0.2) is 11.6 Å². The quantitative estimate of drug-likeness (QED) is 0.708. The minimum Gasteiger partial charge on any atom is -0.338 e. The molecule has 8 nitrogen and oxygen atoms in total. The van der Waals surface area contributed by atoms with Gasteiger partial charge in [-0.2, -0.15) is 10.1 Å². The number of aromatic nitrogens is 5. The molecular formula is C19H22N6O2. The number of hydrogen-bond donors (Lipinski definition) is 0. The lowest BCUT2D eigenvalue weighted by Gasteiger charge is -2.30. The van der Waals surface area contributed by atoms with Crippen LogP contribution in [-0.4, -0.2) is 48.8 Å². The summed E-state index contributed by atoms with van der Waals surface area (Å²) < 4.78 is 6.90. The van der Waals surface area contributed by atoms with Crippen LogP contribution < -0.4 is 0 Å². The normalized spacial score (nSPS) is 17.3. The SMILES string of the molecule is Cc1noc(-c2ccnc(-n3ncc(C(=O)N4CCCC(C)C4)c3C)c2)n1. The third-order valence-electron chi connectivity index (χ3n) is 4.92. The summed E-state index contributed by atoms with van der Waals surface area (Å²) in [7, 11) is 0. The van der Waals surface area contributed by atoms with Gasteiger partial charge in [-0.05, 0) is 44.7 Å². The summed E-state index contributed by atoms with van der Waals surface area (Å²) >= 11 is 0. The lowest BCUT2D eigenvalue weighted by molar-refractivity contribution is 0.0682. The number of carbonyl (C=O) groups is 1. The second-order valence-electron chi connectivity index (χ2n) is 7.10. The Labute approximate surface area is 157 Å². The Balaban J connectivity index is 1.63. The lowest BCUT2D eigenvalue weighted by Crippen LogP contribution is -2.39. The Morgan fingerprint density at radius 2 is 2.19 bits per heavy atom. The highest BCUT2D eigenvalue weighted by Crippen LogP contribution is 2.22. The zero-order valence-corrected chi connectivity index (χ0v) is 15.7. The standard InChI is InChI=1S/C19H22N6O2/c1-12-5-4-8-24(11-12)19(26)16-10-21-25(13(16)2)17-9-15(6-7-20-17)18-22-14(3)23-27-18/h6-7,9-10,12H,4-5,8,11H2,1-3H3. The maximum absolute atomic E-state index is 12.9. The van der Waals surface area contributed by atoms with Crippen LogP contribution in [0, 0.1) is 19.8 Å². The van der Waals surface area contributed by atoms with Gasteiger partial charge in [0.2, 0.25) is 0 Å². The summed E-state index contributed by atoms with van der Waals surface area (Å²) in [4.78, 5) is 23.5. The van der Waals surface area contributed by atoms with Crippen LogP contribution in [0.3, 0.4) is 0 Å². The van der Waals surface area contributed by atoms with Crippen LogP contribution >= 0.6 is 0 Å². The van der Waals surface area contributed by atoms with Crippen molar-refractivity contribution in [2.75, 3.05) is 13.1 Å². The Morgan fingerprint density at radius 1 is 1.33 bits per heavy atom. The highest BCUT2D eigenvalue weighted by molar-refractivity contribution is 5.95. The number of likely N-dealkylation sites (tertiary alicyclic amines) is 1. The average Bonchev–Trinajstić information content (AvgIpc) is 3.27. The highest BCUT2D eigenvalue weighted by atomic mass is 16.5. The fourth-order valence-electron chi connectivity index (χ4n) is 3.48. The third kappa shape index (κ3) is 3.34. The molecule has 0 N–H and O–H groups in total. The number of aryl methyl sites for hydroxylation is 1. The molecule has 8 heteroatoms. The van der Waals surface area contributed by atoms with Gasteiger partial charge in [0.1, 0.15) is 0 Å². The molecule has 0 saturated carbocycles. The van der Waals surface area contributed by atoms with Crippen molar-refractivity contribution in [3.8, 4) is 17.3 Å². The minimum absolute atomic E-state index is 0.0361. The number of rotatable bonds is 3. The Morgan fingerprint density at radius 3 is 2.93 bits per heavy atom. The summed E-state index contributed by atoms with van der Waals surface area (Å²) in [5.41, 5.74) is 2.14. The molecule has 1 aliphatic heterocycles. The van der Waals surface area contributed by atoms with Crippen molar-refractivity contribution >= 4 is 5.91 Å². The van der Waals surface area contributed by atoms with E-state index < -0.39 is 0 Å². The van der Waals surface area contributed by atoms with Gasteiger partial charge in [0.05, 0.1) is 17.5 Å². The molecule has 0 aliphatic carbocycles. The molecule has 1 saturated heterocycles. The summed E-state index contributed by atoms with van der Waals surface area (Å²) in [6, 6.07) is 3.63. The zero-order valence-electron chi connectivity index (χ0n) is 15.7. The number of hydrogen-bond acceptors (Lipinski definition) is 6. The lowest BCUT2D eigenvalue weighted by atomic mass is 9.99. The Bertz CT molecular complexity index is 976. The van der Waals surface area contributed by atoms with Crippen LogP contribution in [0.4, 0.5) is 0 Å². The highest BCUT2D eigenvalue weighted by Gasteiger charge is 2.25. The van der Waals surface area contributed by atoms with Crippen LogP contribution in [0.15, 0.2) is 29.0 Å². The fraction of sp³-hybridized carbons (Fsp3) is 0.421. The molecule has 3 aromatic rings. The maximum Gasteiger partial charge on any atom is 0.258 e. The van der Waals surface area contributed by atoms with Gasteiger partial charge in [-0.15, -0.1) is 0 Å². The topological polar surface area (TPSA) is 89.9 Å². The van der Waals surface area contributed by atoms with Crippen molar-refractivity contribution in [3.05, 3.63) is 41.6 Å². The van der Waals surface area contributed by atoms with Crippen molar-refractivity contribution in [2.45, 2.75) is 33.6 Å². The van der Waals surface area contributed by atoms with Crippen LogP contribution in [0.1, 0.15) is 41.6 Å². The summed E-state index contributed by atoms with van der Waals surface area (Å²) in [6.07, 6.45) is 5.52. The first-order valence-corrected chi connectivity index (χ1v) is 9.14. The van der Waals surface area contributed by atoms with E-state index in [1.807, 2.05) is 17.9 Å². The van der Waals surface area contributed by atoms with E-state index in [0.29, 0.717) is 29.0 Å². The molecule has 0 spiro atoms. The number of piperidine rings is 1. The van der Waals surface area contributed by atoms with Crippen molar-refractivity contribution < 1.29 is 9.32 Å². The first-order chi connectivity index (χ1) is 13.0. The van der Waals surface area contributed by atoms with E-state index in [9.17, 15) is 4.79 Å². The molecule has 1 amide bonds. The van der Waals surface area contributed by atoms with Crippen LogP contribution in [-0.2, 0) is 0 Å². The number of amides is 1. The van der Waals surface area contributed by atoms with Crippen LogP contribution in [0.25, 0.3) is 17.3 Å². The van der Waals surface area contributed by atoms with E-state index in [0.717, 1.165) is 30.8 Å². The van der Waals surface area contributed by atoms with E-state index >= 15 is 0 Å². The number of pyridine rings is 1. The van der Waals surface area contributed by atoms with Crippen molar-refractivity contribution in [2.24, 2.45) is 5.92 Å². The van der Waals surface area contributed by atoms with Crippen molar-refractivity contribution in [1.29, 1.82) is 0 Å². The van der Waals surface area contributed by atoms with Gasteiger partial charge < -0.3 is 9.42 Å². The first kappa shape index (κ1) is 17.4. The molecule has 140 valence electrons. The molecule has 0 aromatic carbocycles. The molecular weight excluding hydrogens is 344 g/mol. The average molecular weight is 366 g/mol. The molecule has 27 heavy (non-hydrogen) atoms. The second kappa shape index (κ2) is 6.94. The molecule has 0 bridgehead atoms. The maximum atomic E-state index is 12.9. The first-order valence-electron chi connectivity index (χ1n) is 9.14. The second-order valence-corrected chi connectivity index (χ2v) is 7.10. The van der Waals surface area contributed by atoms with Crippen molar-refractivity contribution in [3.63, 3.8) is 0 Å². The van der Waals surface area contributed by atoms with Crippen LogP contribution in [0.2, 0.25) is 0 Å². The zero-order chi connectivity index (χ0) is 19.0. The molecule has 4 rings (SSSR count). The molecule has 1 aliphatic rings. The molecule has 4 heterocycles. The summed E-state index contributed by atoms with van der Waals surface area (Å²) in [5.74, 6) is 2.18. The van der Waals surface area contributed by atoms with Gasteiger partial charge in [-0.1, -0.05) is 12.1 Å². The van der Waals surface area contributed by atoms with E-state index in [-0.39, 0.29) is 5.91 Å². The molecule has 0 radical (unpaired) electrons. The van der Waals surface area contributed by atoms with E-state index in [2.05, 4.69) is 27.1 Å². The number of carbonyl (C=O) groups excluding carboxylic acids is 1. The van der Waals surface area contributed by atoms with E-state index in [1.165, 1.54) is 6.42 Å². The number of nitrogens with zero attached hydrogens (tertiary/aromatic N) is 6. The van der Waals surface area contributed by atoms with Gasteiger partial charge >= 0.3 is 0 Å². The van der Waals surface area contributed by atoms with Crippen molar-refractivity contribution in [1.82, 2.24) is 29.8 Å². The summed E-state index contributed by atoms with van der Waals surface area (Å²) in [6.45, 7) is 7.45. The van der Waals surface area contributed by atoms with Gasteiger partial charge in [-0.3, -0.25) is 4.79 Å². The smallest absolute Gasteiger partial charge is 0.258 e. The van der Waals surface area contributed by atoms with E-state index in [4.69, 9.17) is 4.52 Å². The fourth-order valence-corrected chi connectivity index (χ4v) is 3.48. The molecule has 1 fully saturated rings. The monoisotopic (exact) mass is 366 g/mol. The molecule has 1 atom stereocenters. The predicted octanol–water partition coefficient (Wildman–Crippen LogP) is 2.81. The van der Waals surface area contributed by atoms with Gasteiger partial charge in [0.25, 0.3) is 11.8 Å². The van der Waals surface area contributed by atoms with Gasteiger partial charge in [0, 0.05) is 24.8 Å². The molecule has 1 unspecified atom stereocenters. The largest absolute Gasteiger partial charge is 0.338 e. The molecule has 3 aromatic heterocycles. The Kier molecular flexibility index (Phi) is 4.47. The van der Waals surface area contributed by atoms with Crippen LogP contribution in [0.5, 0.6) is 0 Å². The van der Waals surface area contributed by atoms with E-state index in [1.54, 1.807) is 30.1 Å². The summed E-state index contributed by atoms with van der Waals surface area (Å²) in [5, 5.41) is 8.22. The third-order valence-corrected chi connectivity index (χ3v) is 4.92. The minimum atomic E-state index is 0.0361. The predicted molar refractivity (Wildman–Crippen MR) is 98.4 cm³/mol. The van der Waals surface area contributed by atoms with Gasteiger partial charge in [-0.25, -0.2) is 9.67 Å².